The van der Waals surface area contributed by atoms with Crippen LogP contribution in [0.2, 0.25) is 0 Å². The molecule has 0 atom stereocenters. The topological polar surface area (TPSA) is 74.3 Å². The third kappa shape index (κ3) is 31.3. The molecule has 0 aliphatic heterocycles. The highest BCUT2D eigenvalue weighted by molar-refractivity contribution is 5.69. The van der Waals surface area contributed by atoms with Gasteiger partial charge in [-0.25, -0.2) is 0 Å². The van der Waals surface area contributed by atoms with E-state index in [1.807, 2.05) is 6.07 Å². The molecule has 0 N–H and O–H groups in total. The SMILES string of the molecule is CCCCCCCCCC(=O)OCCCCCCCCOc1cc(CN(C)C)cc(OCCCCCCCCOC(=O)CCCCCCCCC)c1. The number of rotatable bonds is 38. The summed E-state index contributed by atoms with van der Waals surface area (Å²) in [6.07, 6.45) is 31.4. The maximum atomic E-state index is 11.9. The lowest BCUT2D eigenvalue weighted by Gasteiger charge is -2.15. The van der Waals surface area contributed by atoms with Crippen molar-refractivity contribution in [3.63, 3.8) is 0 Å². The fraction of sp³-hybridized carbons (Fsp3) is 0.822. The number of hydrogen-bond acceptors (Lipinski definition) is 7. The van der Waals surface area contributed by atoms with E-state index in [0.29, 0.717) is 39.3 Å². The van der Waals surface area contributed by atoms with E-state index in [4.69, 9.17) is 18.9 Å². The van der Waals surface area contributed by atoms with Gasteiger partial charge in [0.05, 0.1) is 26.4 Å². The van der Waals surface area contributed by atoms with E-state index in [1.54, 1.807) is 0 Å². The number of benzene rings is 1. The Hall–Kier alpha value is -2.28. The van der Waals surface area contributed by atoms with Gasteiger partial charge in [0.2, 0.25) is 0 Å². The third-order valence-corrected chi connectivity index (χ3v) is 9.55. The maximum absolute atomic E-state index is 11.9. The molecule has 0 heterocycles. The van der Waals surface area contributed by atoms with Crippen molar-refractivity contribution < 1.29 is 28.5 Å². The van der Waals surface area contributed by atoms with Crippen LogP contribution in [0.3, 0.4) is 0 Å². The largest absolute Gasteiger partial charge is 0.493 e. The minimum Gasteiger partial charge on any atom is -0.493 e. The predicted molar refractivity (Wildman–Crippen MR) is 217 cm³/mol. The summed E-state index contributed by atoms with van der Waals surface area (Å²) in [4.78, 5) is 26.0. The summed E-state index contributed by atoms with van der Waals surface area (Å²) in [5.41, 5.74) is 1.20. The zero-order chi connectivity index (χ0) is 37.7. The van der Waals surface area contributed by atoms with Crippen LogP contribution < -0.4 is 9.47 Å². The van der Waals surface area contributed by atoms with Crippen LogP contribution in [0.4, 0.5) is 0 Å². The highest BCUT2D eigenvalue weighted by Crippen LogP contribution is 2.25. The molecule has 0 saturated heterocycles. The smallest absolute Gasteiger partial charge is 0.305 e. The first kappa shape index (κ1) is 47.7. The molecule has 0 fully saturated rings. The van der Waals surface area contributed by atoms with Crippen LogP contribution in [0, 0.1) is 0 Å². The second-order valence-electron chi connectivity index (χ2n) is 15.2. The van der Waals surface area contributed by atoms with Gasteiger partial charge in [0.15, 0.2) is 0 Å². The van der Waals surface area contributed by atoms with Crippen molar-refractivity contribution in [1.82, 2.24) is 4.90 Å². The minimum absolute atomic E-state index is 0.0261. The maximum Gasteiger partial charge on any atom is 0.305 e. The molecule has 0 aliphatic carbocycles. The molecule has 0 saturated carbocycles. The van der Waals surface area contributed by atoms with Crippen molar-refractivity contribution in [1.29, 1.82) is 0 Å². The number of unbranched alkanes of at least 4 members (excludes halogenated alkanes) is 22. The second kappa shape index (κ2) is 35.7. The normalized spacial score (nSPS) is 11.2. The molecular formula is C45H81NO6. The first-order chi connectivity index (χ1) is 25.4. The third-order valence-electron chi connectivity index (χ3n) is 9.55. The Morgan fingerprint density at radius 3 is 1.13 bits per heavy atom. The summed E-state index contributed by atoms with van der Waals surface area (Å²) in [6.45, 7) is 7.85. The molecule has 0 aromatic heterocycles. The first-order valence-electron chi connectivity index (χ1n) is 21.8. The van der Waals surface area contributed by atoms with Gasteiger partial charge in [-0.05, 0) is 70.3 Å². The molecule has 1 rings (SSSR count). The van der Waals surface area contributed by atoms with Crippen LogP contribution in [0.5, 0.6) is 11.5 Å². The van der Waals surface area contributed by atoms with Gasteiger partial charge in [0.25, 0.3) is 0 Å². The molecule has 0 amide bonds. The van der Waals surface area contributed by atoms with Crippen molar-refractivity contribution >= 4 is 11.9 Å². The lowest BCUT2D eigenvalue weighted by molar-refractivity contribution is -0.144. The highest BCUT2D eigenvalue weighted by Gasteiger charge is 2.07. The van der Waals surface area contributed by atoms with Gasteiger partial charge >= 0.3 is 11.9 Å². The Kier molecular flexibility index (Phi) is 32.8. The van der Waals surface area contributed by atoms with Gasteiger partial charge in [-0.1, -0.05) is 142 Å². The molecule has 302 valence electrons. The summed E-state index contributed by atoms with van der Waals surface area (Å²) < 4.78 is 23.2. The quantitative estimate of drug-likeness (QED) is 0.0495. The molecule has 0 bridgehead atoms. The van der Waals surface area contributed by atoms with Gasteiger partial charge in [-0.2, -0.15) is 0 Å². The van der Waals surface area contributed by atoms with Crippen LogP contribution in [0.25, 0.3) is 0 Å². The first-order valence-corrected chi connectivity index (χ1v) is 21.8. The molecule has 0 spiro atoms. The minimum atomic E-state index is -0.0261. The lowest BCUT2D eigenvalue weighted by Crippen LogP contribution is -2.11. The number of nitrogens with zero attached hydrogens (tertiary/aromatic N) is 1. The molecule has 0 radical (unpaired) electrons. The Bertz CT molecular complexity index is 899. The Balaban J connectivity index is 2.09. The fourth-order valence-electron chi connectivity index (χ4n) is 6.43. The molecule has 7 nitrogen and oxygen atoms in total. The van der Waals surface area contributed by atoms with E-state index in [1.165, 1.54) is 95.5 Å². The Labute approximate surface area is 320 Å². The summed E-state index contributed by atoms with van der Waals surface area (Å²) in [6, 6.07) is 6.30. The van der Waals surface area contributed by atoms with Crippen molar-refractivity contribution in [2.75, 3.05) is 40.5 Å². The molecule has 0 aliphatic rings. The van der Waals surface area contributed by atoms with Crippen LogP contribution in [0.1, 0.15) is 199 Å². The standard InChI is InChI=1S/C45H81NO6/c1-5-7-9-11-13-19-25-31-44(47)51-35-29-23-17-15-21-27-33-49-42-37-41(40-46(3)4)38-43(39-42)50-34-28-22-16-18-24-30-36-52-45(48)32-26-20-14-12-10-8-6-2/h37-39H,5-36,40H2,1-4H3. The Morgan fingerprint density at radius 2 is 0.769 bits per heavy atom. The van der Waals surface area contributed by atoms with E-state index in [9.17, 15) is 9.59 Å². The number of hydrogen-bond donors (Lipinski definition) is 0. The van der Waals surface area contributed by atoms with Crippen LogP contribution in [-0.2, 0) is 25.6 Å². The van der Waals surface area contributed by atoms with Gasteiger partial charge in [-0.3, -0.25) is 9.59 Å². The van der Waals surface area contributed by atoms with E-state index >= 15 is 0 Å². The summed E-state index contributed by atoms with van der Waals surface area (Å²) in [7, 11) is 4.16. The van der Waals surface area contributed by atoms with E-state index in [0.717, 1.165) is 95.1 Å². The molecule has 7 heteroatoms. The number of carbonyl (C=O) groups excluding carboxylic acids is 2. The summed E-state index contributed by atoms with van der Waals surface area (Å²) in [5, 5.41) is 0. The number of esters is 2. The second-order valence-corrected chi connectivity index (χ2v) is 15.2. The van der Waals surface area contributed by atoms with Crippen molar-refractivity contribution in [3.8, 4) is 11.5 Å². The predicted octanol–water partition coefficient (Wildman–Crippen LogP) is 12.6. The van der Waals surface area contributed by atoms with Crippen molar-refractivity contribution in [2.45, 2.75) is 200 Å². The highest BCUT2D eigenvalue weighted by atomic mass is 16.5. The van der Waals surface area contributed by atoms with Gasteiger partial charge in [-0.15, -0.1) is 0 Å². The fourth-order valence-corrected chi connectivity index (χ4v) is 6.43. The average Bonchev–Trinajstić information content (AvgIpc) is 3.12. The molecule has 52 heavy (non-hydrogen) atoms. The van der Waals surface area contributed by atoms with Gasteiger partial charge in [0.1, 0.15) is 11.5 Å². The zero-order valence-electron chi connectivity index (χ0n) is 34.5. The van der Waals surface area contributed by atoms with Crippen LogP contribution >= 0.6 is 0 Å². The summed E-state index contributed by atoms with van der Waals surface area (Å²) in [5.74, 6) is 1.72. The monoisotopic (exact) mass is 732 g/mol. The van der Waals surface area contributed by atoms with Crippen molar-refractivity contribution in [3.05, 3.63) is 23.8 Å². The van der Waals surface area contributed by atoms with E-state index in [2.05, 4.69) is 45.0 Å². The molecule has 0 unspecified atom stereocenters. The Morgan fingerprint density at radius 1 is 0.442 bits per heavy atom. The zero-order valence-corrected chi connectivity index (χ0v) is 34.5. The van der Waals surface area contributed by atoms with Gasteiger partial charge < -0.3 is 23.8 Å². The van der Waals surface area contributed by atoms with Gasteiger partial charge in [0, 0.05) is 25.5 Å². The van der Waals surface area contributed by atoms with Crippen molar-refractivity contribution in [2.24, 2.45) is 0 Å². The molecule has 1 aromatic rings. The lowest BCUT2D eigenvalue weighted by atomic mass is 10.1. The molecular weight excluding hydrogens is 650 g/mol. The van der Waals surface area contributed by atoms with E-state index in [-0.39, 0.29) is 11.9 Å². The molecule has 1 aromatic carbocycles. The van der Waals surface area contributed by atoms with Crippen LogP contribution in [0.15, 0.2) is 18.2 Å². The van der Waals surface area contributed by atoms with E-state index < -0.39 is 0 Å². The average molecular weight is 732 g/mol. The number of carbonyl (C=O) groups is 2. The summed E-state index contributed by atoms with van der Waals surface area (Å²) >= 11 is 0. The number of ether oxygens (including phenoxy) is 4. The van der Waals surface area contributed by atoms with Crippen LogP contribution in [-0.4, -0.2) is 57.4 Å².